The van der Waals surface area contributed by atoms with Crippen LogP contribution in [0.5, 0.6) is 0 Å². The Labute approximate surface area is 303 Å². The fraction of sp³-hybridized carbons (Fsp3) is 0.300. The first kappa shape index (κ1) is 37.0. The number of benzene rings is 2. The van der Waals surface area contributed by atoms with Gasteiger partial charge in [-0.05, 0) is 35.4 Å². The minimum absolute atomic E-state index is 0.000422. The number of ether oxygens (including phenoxy) is 2. The molecule has 278 valence electrons. The average Bonchev–Trinajstić information content (AvgIpc) is 3.14. The lowest BCUT2D eigenvalue weighted by atomic mass is 10.1. The Balaban J connectivity index is 1.27. The zero-order valence-corrected chi connectivity index (χ0v) is 29.6. The van der Waals surface area contributed by atoms with Crippen LogP contribution < -0.4 is 31.1 Å². The fourth-order valence-corrected chi connectivity index (χ4v) is 6.67. The Hall–Kier alpha value is -5.77. The number of aromatic nitrogens is 6. The van der Waals surface area contributed by atoms with Gasteiger partial charge in [-0.2, -0.15) is 52.0 Å². The summed E-state index contributed by atoms with van der Waals surface area (Å²) in [5.41, 5.74) is 0.356. The maximum atomic E-state index is 12.5. The van der Waals surface area contributed by atoms with Crippen LogP contribution in [0.25, 0.3) is 12.2 Å². The summed E-state index contributed by atoms with van der Waals surface area (Å²) in [7, 11) is -7.99. The minimum Gasteiger partial charge on any atom is -0.378 e. The summed E-state index contributed by atoms with van der Waals surface area (Å²) in [5.74, 6) is 0.933. The molecule has 2 aromatic heterocycles. The summed E-state index contributed by atoms with van der Waals surface area (Å²) < 4.78 is 81.0. The topological polar surface area (TPSA) is 283 Å². The van der Waals surface area contributed by atoms with Gasteiger partial charge in [-0.3, -0.25) is 14.4 Å². The molecule has 53 heavy (non-hydrogen) atoms. The van der Waals surface area contributed by atoms with Crippen LogP contribution in [0.15, 0.2) is 46.2 Å². The van der Waals surface area contributed by atoms with E-state index >= 15 is 0 Å². The van der Waals surface area contributed by atoms with Crippen molar-refractivity contribution >= 4 is 79.5 Å². The molecule has 4 aromatic rings. The van der Waals surface area contributed by atoms with E-state index < -0.39 is 30.0 Å². The number of hydrogen-bond acceptors (Lipinski definition) is 19. The first-order valence-electron chi connectivity index (χ1n) is 15.9. The van der Waals surface area contributed by atoms with Crippen molar-refractivity contribution in [1.82, 2.24) is 29.9 Å². The van der Waals surface area contributed by atoms with Crippen LogP contribution in [0, 0.1) is 11.5 Å². The fourth-order valence-electron chi connectivity index (χ4n) is 5.25. The third-order valence-corrected chi connectivity index (χ3v) is 9.58. The maximum absolute atomic E-state index is 12.5. The van der Waals surface area contributed by atoms with Crippen LogP contribution in [-0.4, -0.2) is 115 Å². The Bertz CT molecular complexity index is 2280. The van der Waals surface area contributed by atoms with Gasteiger partial charge in [-0.25, -0.2) is 0 Å². The highest BCUT2D eigenvalue weighted by Gasteiger charge is 2.21. The molecule has 6 rings (SSSR count). The highest BCUT2D eigenvalue weighted by Crippen LogP contribution is 2.29. The Kier molecular flexibility index (Phi) is 11.1. The molecule has 0 atom stereocenters. The number of morpholine rings is 2. The molecule has 0 aliphatic carbocycles. The molecule has 6 N–H and O–H groups in total. The number of anilines is 8. The molecule has 0 spiro atoms. The molecule has 0 radical (unpaired) electrons. The monoisotopic (exact) mass is 767 g/mol. The molecule has 2 aliphatic rings. The van der Waals surface area contributed by atoms with Crippen molar-refractivity contribution in [2.75, 3.05) is 90.7 Å². The lowest BCUT2D eigenvalue weighted by Gasteiger charge is -2.27. The zero-order valence-electron chi connectivity index (χ0n) is 28.0. The van der Waals surface area contributed by atoms with E-state index in [1.807, 2.05) is 9.80 Å². The SMILES string of the molecule is CNc1nc(Nc2ccc(C=Cc3ccc(Nc4nc(NC#N)nc(N5CCOCC5)n4)cc3S(=O)(=O)O)c(S(=O)(=O)O)c2)nc(N2CCOCC2)n1. The van der Waals surface area contributed by atoms with Crippen molar-refractivity contribution in [3.05, 3.63) is 47.5 Å². The molecule has 0 saturated carbocycles. The van der Waals surface area contributed by atoms with Crippen LogP contribution in [-0.2, 0) is 29.7 Å². The summed E-state index contributed by atoms with van der Waals surface area (Å²) in [6.07, 6.45) is 4.28. The second-order valence-electron chi connectivity index (χ2n) is 11.3. The van der Waals surface area contributed by atoms with Gasteiger partial charge < -0.3 is 35.2 Å². The Morgan fingerprint density at radius 3 is 1.51 bits per heavy atom. The molecule has 2 aromatic carbocycles. The number of nitriles is 1. The van der Waals surface area contributed by atoms with E-state index in [0.29, 0.717) is 58.6 Å². The van der Waals surface area contributed by atoms with Gasteiger partial charge in [0.15, 0.2) is 6.19 Å². The van der Waals surface area contributed by atoms with Crippen molar-refractivity contribution in [3.63, 3.8) is 0 Å². The first-order valence-corrected chi connectivity index (χ1v) is 18.7. The molecule has 2 saturated heterocycles. The van der Waals surface area contributed by atoms with Gasteiger partial charge in [-0.1, -0.05) is 24.3 Å². The lowest BCUT2D eigenvalue weighted by molar-refractivity contribution is 0.122. The van der Waals surface area contributed by atoms with E-state index in [1.165, 1.54) is 36.4 Å². The molecule has 21 nitrogen and oxygen atoms in total. The summed E-state index contributed by atoms with van der Waals surface area (Å²) in [6, 6.07) is 8.01. The van der Waals surface area contributed by atoms with Crippen molar-refractivity contribution in [2.24, 2.45) is 0 Å². The number of nitrogens with zero attached hydrogens (tertiary/aromatic N) is 9. The summed E-state index contributed by atoms with van der Waals surface area (Å²) >= 11 is 0. The maximum Gasteiger partial charge on any atom is 0.295 e. The van der Waals surface area contributed by atoms with Gasteiger partial charge in [0.1, 0.15) is 9.79 Å². The third kappa shape index (κ3) is 9.37. The van der Waals surface area contributed by atoms with E-state index in [2.05, 4.69) is 51.2 Å². The van der Waals surface area contributed by atoms with E-state index in [0.717, 1.165) is 12.1 Å². The van der Waals surface area contributed by atoms with Crippen LogP contribution in [0.3, 0.4) is 0 Å². The molecule has 2 aliphatic heterocycles. The molecule has 23 heteroatoms. The van der Waals surface area contributed by atoms with Gasteiger partial charge >= 0.3 is 0 Å². The average molecular weight is 768 g/mol. The van der Waals surface area contributed by atoms with E-state index in [-0.39, 0.29) is 52.2 Å². The number of nitrogens with one attached hydrogen (secondary N) is 4. The minimum atomic E-state index is -4.83. The number of rotatable bonds is 12. The molecule has 0 unspecified atom stereocenters. The molecular formula is C30H33N13O8S2. The molecular weight excluding hydrogens is 735 g/mol. The van der Waals surface area contributed by atoms with Gasteiger partial charge in [0.05, 0.1) is 26.4 Å². The van der Waals surface area contributed by atoms with E-state index in [1.54, 1.807) is 13.2 Å². The molecule has 2 fully saturated rings. The largest absolute Gasteiger partial charge is 0.378 e. The molecule has 0 amide bonds. The van der Waals surface area contributed by atoms with Gasteiger partial charge in [0, 0.05) is 44.6 Å². The standard InChI is InChI=1S/C30H33N13O8S2/c1-32-25-36-27(40-29(38-25)42-8-12-50-13-9-42)34-21-6-4-19(23(16-21)52(44,45)46)2-3-20-5-7-22(17-24(20)53(47,48)49)35-28-37-26(33-18-31)39-30(41-28)43-10-14-51-15-11-43/h2-7,16-17H,8-15H2,1H3,(H,44,45,46)(H,47,48,49)(H2,32,34,36,38,40)(H2,33,35,37,39,41). The van der Waals surface area contributed by atoms with Gasteiger partial charge in [-0.15, -0.1) is 0 Å². The lowest BCUT2D eigenvalue weighted by Crippen LogP contribution is -2.37. The number of hydrogen-bond donors (Lipinski definition) is 6. The molecule has 0 bridgehead atoms. The molecule has 4 heterocycles. The second-order valence-corrected chi connectivity index (χ2v) is 14.1. The third-order valence-electron chi connectivity index (χ3n) is 7.76. The van der Waals surface area contributed by atoms with Crippen molar-refractivity contribution < 1.29 is 35.4 Å². The Morgan fingerprint density at radius 2 is 1.09 bits per heavy atom. The predicted octanol–water partition coefficient (Wildman–Crippen LogP) is 1.82. The second kappa shape index (κ2) is 15.9. The summed E-state index contributed by atoms with van der Waals surface area (Å²) in [6.45, 7) is 4.02. The predicted molar refractivity (Wildman–Crippen MR) is 193 cm³/mol. The van der Waals surface area contributed by atoms with Crippen LogP contribution in [0.2, 0.25) is 0 Å². The van der Waals surface area contributed by atoms with Gasteiger partial charge in [0.25, 0.3) is 20.2 Å². The van der Waals surface area contributed by atoms with Crippen molar-refractivity contribution in [3.8, 4) is 6.19 Å². The van der Waals surface area contributed by atoms with E-state index in [9.17, 15) is 25.9 Å². The van der Waals surface area contributed by atoms with E-state index in [4.69, 9.17) is 14.7 Å². The summed E-state index contributed by atoms with van der Waals surface area (Å²) in [5, 5.41) is 20.1. The summed E-state index contributed by atoms with van der Waals surface area (Å²) in [4.78, 5) is 28.6. The smallest absolute Gasteiger partial charge is 0.295 e. The normalized spacial score (nSPS) is 15.2. The van der Waals surface area contributed by atoms with Crippen LogP contribution in [0.4, 0.5) is 47.1 Å². The van der Waals surface area contributed by atoms with Crippen LogP contribution in [0.1, 0.15) is 11.1 Å². The highest BCUT2D eigenvalue weighted by atomic mass is 32.2. The highest BCUT2D eigenvalue weighted by molar-refractivity contribution is 7.86. The van der Waals surface area contributed by atoms with Crippen molar-refractivity contribution in [1.29, 1.82) is 5.26 Å². The van der Waals surface area contributed by atoms with Gasteiger partial charge in [0.2, 0.25) is 35.7 Å². The zero-order chi connectivity index (χ0) is 37.6. The quantitative estimate of drug-likeness (QED) is 0.0519. The van der Waals surface area contributed by atoms with Crippen LogP contribution >= 0.6 is 0 Å². The van der Waals surface area contributed by atoms with Crippen molar-refractivity contribution in [2.45, 2.75) is 9.79 Å². The first-order chi connectivity index (χ1) is 25.4. The Morgan fingerprint density at radius 1 is 0.679 bits per heavy atom.